The summed E-state index contributed by atoms with van der Waals surface area (Å²) in [5.41, 5.74) is -0.396. The van der Waals surface area contributed by atoms with Crippen LogP contribution in [0, 0.1) is 11.3 Å². The third-order valence-corrected chi connectivity index (χ3v) is 2.92. The van der Waals surface area contributed by atoms with Gasteiger partial charge >= 0.3 is 0 Å². The zero-order valence-electron chi connectivity index (χ0n) is 9.45. The molecule has 0 saturated heterocycles. The predicted molar refractivity (Wildman–Crippen MR) is 64.2 cm³/mol. The summed E-state index contributed by atoms with van der Waals surface area (Å²) in [5.74, 6) is -0.0389. The van der Waals surface area contributed by atoms with Crippen LogP contribution in [-0.2, 0) is 9.53 Å². The van der Waals surface area contributed by atoms with E-state index in [1.54, 1.807) is 38.1 Å². The minimum absolute atomic E-state index is 0.0306. The normalized spacial score (nSPS) is 17.9. The van der Waals surface area contributed by atoms with Gasteiger partial charge in [0.1, 0.15) is 11.6 Å². The van der Waals surface area contributed by atoms with E-state index in [9.17, 15) is 4.79 Å². The summed E-state index contributed by atoms with van der Waals surface area (Å²) in [6.07, 6.45) is 0. The van der Waals surface area contributed by atoms with Gasteiger partial charge in [-0.05, 0) is 26.0 Å². The lowest BCUT2D eigenvalue weighted by Gasteiger charge is -2.17. The van der Waals surface area contributed by atoms with Gasteiger partial charge in [-0.15, -0.1) is 0 Å². The number of carbonyl (C=O) groups is 1. The number of ether oxygens (including phenoxy) is 1. The summed E-state index contributed by atoms with van der Waals surface area (Å²) in [5, 5.41) is 9.50. The van der Waals surface area contributed by atoms with Crippen molar-refractivity contribution in [1.29, 1.82) is 5.26 Å². The maximum Gasteiger partial charge on any atom is 0.220 e. The summed E-state index contributed by atoms with van der Waals surface area (Å²) < 4.78 is 5.55. The van der Waals surface area contributed by atoms with Crippen molar-refractivity contribution in [2.24, 2.45) is 0 Å². The fourth-order valence-electron chi connectivity index (χ4n) is 1.69. The number of halogens is 1. The largest absolute Gasteiger partial charge is 0.477 e. The molecule has 1 heterocycles. The number of hydrogen-bond donors (Lipinski definition) is 0. The number of carbonyl (C=O) groups excluding carboxylic acids is 1. The van der Waals surface area contributed by atoms with Crippen molar-refractivity contribution in [3.8, 4) is 6.07 Å². The molecule has 0 unspecified atom stereocenters. The fraction of sp³-hybridized carbons (Fsp3) is 0.231. The Balaban J connectivity index is 2.61. The van der Waals surface area contributed by atoms with Gasteiger partial charge in [-0.3, -0.25) is 4.79 Å². The Morgan fingerprint density at radius 3 is 2.59 bits per heavy atom. The number of ketones is 1. The lowest BCUT2D eigenvalue weighted by Crippen LogP contribution is -2.29. The van der Waals surface area contributed by atoms with Crippen molar-refractivity contribution in [1.82, 2.24) is 0 Å². The van der Waals surface area contributed by atoms with E-state index in [0.29, 0.717) is 10.6 Å². The van der Waals surface area contributed by atoms with Crippen LogP contribution in [0.25, 0.3) is 5.76 Å². The molecule has 0 aromatic heterocycles. The van der Waals surface area contributed by atoms with Gasteiger partial charge in [0.25, 0.3) is 0 Å². The first kappa shape index (κ1) is 11.7. The molecular formula is C13H10ClNO2. The number of benzene rings is 1. The van der Waals surface area contributed by atoms with E-state index < -0.39 is 5.60 Å². The van der Waals surface area contributed by atoms with Crippen LogP contribution in [-0.4, -0.2) is 11.4 Å². The number of Topliss-reactive ketones (excluding diaryl/α,β-unsaturated/α-hetero) is 1. The highest BCUT2D eigenvalue weighted by Gasteiger charge is 2.42. The molecule has 0 radical (unpaired) electrons. The van der Waals surface area contributed by atoms with Crippen molar-refractivity contribution in [3.63, 3.8) is 0 Å². The van der Waals surface area contributed by atoms with Crippen LogP contribution in [0.1, 0.15) is 19.4 Å². The number of nitriles is 1. The number of nitrogens with zero attached hydrogens (tertiary/aromatic N) is 1. The van der Waals surface area contributed by atoms with Gasteiger partial charge in [0, 0.05) is 5.56 Å². The summed E-state index contributed by atoms with van der Waals surface area (Å²) in [6.45, 7) is 3.27. The Morgan fingerprint density at radius 1 is 1.35 bits per heavy atom. The summed E-state index contributed by atoms with van der Waals surface area (Å²) in [6, 6.07) is 8.87. The maximum absolute atomic E-state index is 11.9. The molecule has 0 atom stereocenters. The molecule has 0 bridgehead atoms. The maximum atomic E-state index is 11.9. The minimum Gasteiger partial charge on any atom is -0.477 e. The lowest BCUT2D eigenvalue weighted by molar-refractivity contribution is -0.126. The summed E-state index contributed by atoms with van der Waals surface area (Å²) in [4.78, 5) is 11.9. The quantitative estimate of drug-likeness (QED) is 0.767. The monoisotopic (exact) mass is 247 g/mol. The van der Waals surface area contributed by atoms with E-state index in [1.165, 1.54) is 0 Å². The van der Waals surface area contributed by atoms with Crippen molar-refractivity contribution >= 4 is 23.1 Å². The van der Waals surface area contributed by atoms with Crippen LogP contribution >= 0.6 is 11.6 Å². The average Bonchev–Trinajstić information content (AvgIpc) is 2.51. The van der Waals surface area contributed by atoms with E-state index in [0.717, 1.165) is 0 Å². The van der Waals surface area contributed by atoms with Gasteiger partial charge < -0.3 is 4.74 Å². The minimum atomic E-state index is -1.00. The van der Waals surface area contributed by atoms with E-state index >= 15 is 0 Å². The van der Waals surface area contributed by atoms with Gasteiger partial charge in [-0.1, -0.05) is 23.7 Å². The molecular weight excluding hydrogens is 238 g/mol. The standard InChI is InChI=1S/C13H10ClNO2/c1-13(2)12(16)9(7-15)11(17-13)8-5-3-4-6-10(8)14/h3-6H,1-2H3. The van der Waals surface area contributed by atoms with Crippen molar-refractivity contribution in [3.05, 3.63) is 40.4 Å². The molecule has 3 nitrogen and oxygen atoms in total. The number of rotatable bonds is 1. The topological polar surface area (TPSA) is 50.1 Å². The first-order chi connectivity index (χ1) is 7.97. The Bertz CT molecular complexity index is 567. The van der Waals surface area contributed by atoms with Crippen LogP contribution in [0.15, 0.2) is 29.8 Å². The van der Waals surface area contributed by atoms with Crippen LogP contribution in [0.4, 0.5) is 0 Å². The highest BCUT2D eigenvalue weighted by Crippen LogP contribution is 2.38. The summed E-state index contributed by atoms with van der Waals surface area (Å²) in [7, 11) is 0. The van der Waals surface area contributed by atoms with E-state index in [4.69, 9.17) is 21.6 Å². The fourth-order valence-corrected chi connectivity index (χ4v) is 1.91. The number of hydrogen-bond acceptors (Lipinski definition) is 3. The third kappa shape index (κ3) is 1.81. The van der Waals surface area contributed by atoms with Crippen molar-refractivity contribution in [2.75, 3.05) is 0 Å². The molecule has 2 rings (SSSR count). The van der Waals surface area contributed by atoms with E-state index in [-0.39, 0.29) is 17.1 Å². The Morgan fingerprint density at radius 2 is 2.00 bits per heavy atom. The second-order valence-corrected chi connectivity index (χ2v) is 4.64. The first-order valence-electron chi connectivity index (χ1n) is 5.10. The lowest BCUT2D eigenvalue weighted by atomic mass is 9.99. The molecule has 1 aromatic carbocycles. The molecule has 0 amide bonds. The molecule has 0 fully saturated rings. The van der Waals surface area contributed by atoms with Gasteiger partial charge in [-0.25, -0.2) is 0 Å². The second kappa shape index (κ2) is 3.90. The SMILES string of the molecule is CC1(C)OC(c2ccccc2Cl)=C(C#N)C1=O. The molecule has 1 aliphatic heterocycles. The van der Waals surface area contributed by atoms with E-state index in [2.05, 4.69) is 0 Å². The highest BCUT2D eigenvalue weighted by atomic mass is 35.5. The van der Waals surface area contributed by atoms with Gasteiger partial charge in [0.15, 0.2) is 11.4 Å². The van der Waals surface area contributed by atoms with Crippen LogP contribution in [0.2, 0.25) is 5.02 Å². The highest BCUT2D eigenvalue weighted by molar-refractivity contribution is 6.32. The third-order valence-electron chi connectivity index (χ3n) is 2.59. The molecule has 1 aromatic rings. The van der Waals surface area contributed by atoms with Crippen molar-refractivity contribution in [2.45, 2.75) is 19.4 Å². The molecule has 0 saturated carbocycles. The van der Waals surface area contributed by atoms with Crippen LogP contribution in [0.3, 0.4) is 0 Å². The molecule has 1 aliphatic rings. The van der Waals surface area contributed by atoms with E-state index in [1.807, 2.05) is 6.07 Å². The van der Waals surface area contributed by atoms with Gasteiger partial charge in [0.05, 0.1) is 5.02 Å². The molecule has 0 aliphatic carbocycles. The smallest absolute Gasteiger partial charge is 0.220 e. The Labute approximate surface area is 104 Å². The predicted octanol–water partition coefficient (Wildman–Crippen LogP) is 2.95. The summed E-state index contributed by atoms with van der Waals surface area (Å²) >= 11 is 6.03. The van der Waals surface area contributed by atoms with Gasteiger partial charge in [0.2, 0.25) is 5.78 Å². The zero-order chi connectivity index (χ0) is 12.6. The average molecular weight is 248 g/mol. The molecule has 0 spiro atoms. The second-order valence-electron chi connectivity index (χ2n) is 4.24. The van der Waals surface area contributed by atoms with Gasteiger partial charge in [-0.2, -0.15) is 5.26 Å². The Hall–Kier alpha value is -1.79. The molecule has 4 heteroatoms. The van der Waals surface area contributed by atoms with Crippen molar-refractivity contribution < 1.29 is 9.53 Å². The van der Waals surface area contributed by atoms with Crippen LogP contribution in [0.5, 0.6) is 0 Å². The molecule has 86 valence electrons. The van der Waals surface area contributed by atoms with Crippen LogP contribution < -0.4 is 0 Å². The molecule has 17 heavy (non-hydrogen) atoms. The first-order valence-corrected chi connectivity index (χ1v) is 5.48. The zero-order valence-corrected chi connectivity index (χ0v) is 10.2. The Kier molecular flexibility index (Phi) is 2.68. The molecule has 0 N–H and O–H groups in total.